The molecule has 0 spiro atoms. The highest BCUT2D eigenvalue weighted by molar-refractivity contribution is 7.13. The maximum atomic E-state index is 12.8. The summed E-state index contributed by atoms with van der Waals surface area (Å²) in [7, 11) is 1.76. The number of piperidine rings is 1. The number of aryl methyl sites for hydroxylation is 1. The van der Waals surface area contributed by atoms with Gasteiger partial charge in [-0.05, 0) is 11.4 Å². The molecule has 3 rings (SSSR count). The van der Waals surface area contributed by atoms with Crippen LogP contribution in [0.5, 0.6) is 0 Å². The number of carboxylic acids is 1. The number of hydrogen-bond acceptors (Lipinski definition) is 5. The van der Waals surface area contributed by atoms with Crippen LogP contribution in [0.1, 0.15) is 23.2 Å². The summed E-state index contributed by atoms with van der Waals surface area (Å²) in [4.78, 5) is 26.3. The molecule has 2 aromatic rings. The lowest BCUT2D eigenvalue weighted by Crippen LogP contribution is -2.50. The number of carboxylic acid groups (broad SMARTS) is 1. The third-order valence-corrected chi connectivity index (χ3v) is 4.97. The second-order valence-electron chi connectivity index (χ2n) is 5.67. The first-order chi connectivity index (χ1) is 10.9. The monoisotopic (exact) mass is 335 g/mol. The predicted molar refractivity (Wildman–Crippen MR) is 84.2 cm³/mol. The molecule has 0 aliphatic carbocycles. The van der Waals surface area contributed by atoms with Gasteiger partial charge in [-0.2, -0.15) is 5.10 Å². The van der Waals surface area contributed by atoms with Crippen molar-refractivity contribution in [1.29, 1.82) is 0 Å². The fraction of sp³-hybridized carbons (Fsp3) is 0.400. The van der Waals surface area contributed by atoms with E-state index >= 15 is 0 Å². The number of aromatic nitrogens is 2. The summed E-state index contributed by atoms with van der Waals surface area (Å²) < 4.78 is 1.60. The van der Waals surface area contributed by atoms with Crippen LogP contribution in [-0.4, -0.2) is 55.5 Å². The molecule has 0 unspecified atom stereocenters. The van der Waals surface area contributed by atoms with Crippen LogP contribution in [0.15, 0.2) is 23.7 Å². The van der Waals surface area contributed by atoms with E-state index in [0.717, 1.165) is 4.88 Å². The first kappa shape index (κ1) is 15.7. The number of hydrogen-bond donors (Lipinski definition) is 2. The topological polar surface area (TPSA) is 95.7 Å². The van der Waals surface area contributed by atoms with Crippen molar-refractivity contribution < 1.29 is 19.8 Å². The number of carbonyl (C=O) groups is 2. The molecule has 1 aliphatic rings. The standard InChI is InChI=1S/C15H17N3O4S/c1-17-9-10(12(16-17)11-3-2-8-23-11)13(19)18-6-4-15(22,5-7-18)14(20)21/h2-3,8-9,22H,4-7H2,1H3,(H,20,21). The Hall–Kier alpha value is -2.19. The summed E-state index contributed by atoms with van der Waals surface area (Å²) in [6, 6.07) is 3.81. The molecule has 3 heterocycles. The van der Waals surface area contributed by atoms with E-state index in [-0.39, 0.29) is 31.8 Å². The van der Waals surface area contributed by atoms with Gasteiger partial charge < -0.3 is 15.1 Å². The maximum Gasteiger partial charge on any atom is 0.335 e. The van der Waals surface area contributed by atoms with Crippen molar-refractivity contribution in [1.82, 2.24) is 14.7 Å². The molecule has 0 radical (unpaired) electrons. The molecule has 0 bridgehead atoms. The van der Waals surface area contributed by atoms with Gasteiger partial charge in [-0.1, -0.05) is 6.07 Å². The van der Waals surface area contributed by atoms with Crippen molar-refractivity contribution in [3.05, 3.63) is 29.3 Å². The van der Waals surface area contributed by atoms with E-state index in [0.29, 0.717) is 11.3 Å². The molecular weight excluding hydrogens is 318 g/mol. The van der Waals surface area contributed by atoms with Gasteiger partial charge >= 0.3 is 5.97 Å². The largest absolute Gasteiger partial charge is 0.479 e. The third kappa shape index (κ3) is 2.87. The average molecular weight is 335 g/mol. The summed E-state index contributed by atoms with van der Waals surface area (Å²) in [6.07, 6.45) is 1.74. The quantitative estimate of drug-likeness (QED) is 0.879. The highest BCUT2D eigenvalue weighted by Crippen LogP contribution is 2.29. The normalized spacial score (nSPS) is 17.2. The van der Waals surface area contributed by atoms with E-state index in [1.165, 1.54) is 11.3 Å². The van der Waals surface area contributed by atoms with Crippen molar-refractivity contribution in [2.75, 3.05) is 13.1 Å². The van der Waals surface area contributed by atoms with E-state index < -0.39 is 11.6 Å². The van der Waals surface area contributed by atoms with Crippen LogP contribution in [-0.2, 0) is 11.8 Å². The average Bonchev–Trinajstić information content (AvgIpc) is 3.16. The SMILES string of the molecule is Cn1cc(C(=O)N2CCC(O)(C(=O)O)CC2)c(-c2cccs2)n1. The summed E-state index contributed by atoms with van der Waals surface area (Å²) >= 11 is 1.51. The van der Waals surface area contributed by atoms with E-state index in [4.69, 9.17) is 5.11 Å². The molecule has 0 aromatic carbocycles. The number of nitrogens with zero attached hydrogens (tertiary/aromatic N) is 3. The van der Waals surface area contributed by atoms with Gasteiger partial charge in [0.1, 0.15) is 5.69 Å². The van der Waals surface area contributed by atoms with Gasteiger partial charge in [-0.15, -0.1) is 11.3 Å². The zero-order valence-corrected chi connectivity index (χ0v) is 13.4. The van der Waals surface area contributed by atoms with Gasteiger partial charge in [0.2, 0.25) is 0 Å². The van der Waals surface area contributed by atoms with Gasteiger partial charge in [-0.3, -0.25) is 9.48 Å². The third-order valence-electron chi connectivity index (χ3n) is 4.09. The fourth-order valence-electron chi connectivity index (χ4n) is 2.70. The molecule has 7 nitrogen and oxygen atoms in total. The Bertz CT molecular complexity index is 730. The molecule has 122 valence electrons. The highest BCUT2D eigenvalue weighted by Gasteiger charge is 2.41. The number of carbonyl (C=O) groups excluding carboxylic acids is 1. The molecule has 1 amide bonds. The lowest BCUT2D eigenvalue weighted by Gasteiger charge is -2.35. The van der Waals surface area contributed by atoms with E-state index in [1.54, 1.807) is 22.8 Å². The Morgan fingerprint density at radius 3 is 2.61 bits per heavy atom. The van der Waals surface area contributed by atoms with Crippen LogP contribution < -0.4 is 0 Å². The van der Waals surface area contributed by atoms with Crippen LogP contribution >= 0.6 is 11.3 Å². The Kier molecular flexibility index (Phi) is 3.95. The predicted octanol–water partition coefficient (Wildman–Crippen LogP) is 1.20. The Morgan fingerprint density at radius 1 is 1.35 bits per heavy atom. The van der Waals surface area contributed by atoms with Crippen molar-refractivity contribution in [2.45, 2.75) is 18.4 Å². The lowest BCUT2D eigenvalue weighted by atomic mass is 9.91. The van der Waals surface area contributed by atoms with Crippen LogP contribution in [0.4, 0.5) is 0 Å². The van der Waals surface area contributed by atoms with Crippen LogP contribution in [0.25, 0.3) is 10.6 Å². The minimum atomic E-state index is -1.73. The zero-order chi connectivity index (χ0) is 16.6. The number of aliphatic carboxylic acids is 1. The molecule has 2 aromatic heterocycles. The van der Waals surface area contributed by atoms with E-state index in [9.17, 15) is 14.7 Å². The van der Waals surface area contributed by atoms with Crippen molar-refractivity contribution in [3.8, 4) is 10.6 Å². The number of amides is 1. The summed E-state index contributed by atoms with van der Waals surface area (Å²) in [5, 5.41) is 25.3. The second kappa shape index (κ2) is 5.78. The van der Waals surface area contributed by atoms with Gasteiger partial charge in [0.05, 0.1) is 10.4 Å². The van der Waals surface area contributed by atoms with Crippen LogP contribution in [0.2, 0.25) is 0 Å². The summed E-state index contributed by atoms with van der Waals surface area (Å²) in [6.45, 7) is 0.417. The molecule has 2 N–H and O–H groups in total. The van der Waals surface area contributed by atoms with Gasteiger partial charge in [0, 0.05) is 39.2 Å². The van der Waals surface area contributed by atoms with Gasteiger partial charge in [0.15, 0.2) is 5.60 Å². The summed E-state index contributed by atoms with van der Waals surface area (Å²) in [5.74, 6) is -1.42. The first-order valence-electron chi connectivity index (χ1n) is 7.23. The van der Waals surface area contributed by atoms with Gasteiger partial charge in [-0.25, -0.2) is 4.79 Å². The number of aliphatic hydroxyl groups is 1. The number of likely N-dealkylation sites (tertiary alicyclic amines) is 1. The first-order valence-corrected chi connectivity index (χ1v) is 8.11. The van der Waals surface area contributed by atoms with Gasteiger partial charge in [0.25, 0.3) is 5.91 Å². The minimum absolute atomic E-state index is 0.0304. The van der Waals surface area contributed by atoms with Crippen molar-refractivity contribution >= 4 is 23.2 Å². The molecule has 23 heavy (non-hydrogen) atoms. The molecule has 1 fully saturated rings. The molecule has 0 atom stereocenters. The molecular formula is C15H17N3O4S. The Morgan fingerprint density at radius 2 is 2.04 bits per heavy atom. The van der Waals surface area contributed by atoms with E-state index in [1.807, 2.05) is 17.5 Å². The van der Waals surface area contributed by atoms with E-state index in [2.05, 4.69) is 5.10 Å². The minimum Gasteiger partial charge on any atom is -0.479 e. The molecule has 1 saturated heterocycles. The van der Waals surface area contributed by atoms with Crippen molar-refractivity contribution in [2.24, 2.45) is 7.05 Å². The number of rotatable bonds is 3. The molecule has 0 saturated carbocycles. The smallest absolute Gasteiger partial charge is 0.335 e. The molecule has 1 aliphatic heterocycles. The second-order valence-corrected chi connectivity index (χ2v) is 6.62. The maximum absolute atomic E-state index is 12.8. The lowest BCUT2D eigenvalue weighted by molar-refractivity contribution is -0.162. The van der Waals surface area contributed by atoms with Crippen molar-refractivity contribution in [3.63, 3.8) is 0 Å². The number of thiophene rings is 1. The van der Waals surface area contributed by atoms with Crippen LogP contribution in [0, 0.1) is 0 Å². The Labute approximate surface area is 136 Å². The fourth-order valence-corrected chi connectivity index (χ4v) is 3.43. The summed E-state index contributed by atoms with van der Waals surface area (Å²) in [5.41, 5.74) is -0.607. The highest BCUT2D eigenvalue weighted by atomic mass is 32.1. The molecule has 8 heteroatoms. The Balaban J connectivity index is 1.82. The van der Waals surface area contributed by atoms with Crippen LogP contribution in [0.3, 0.4) is 0 Å². The zero-order valence-electron chi connectivity index (χ0n) is 12.6.